The predicted octanol–water partition coefficient (Wildman–Crippen LogP) is 5.71. The van der Waals surface area contributed by atoms with Crippen LogP contribution in [0.15, 0.2) is 30.3 Å². The van der Waals surface area contributed by atoms with Gasteiger partial charge in [0.05, 0.1) is 18.2 Å². The first-order valence-electron chi connectivity index (χ1n) is 7.92. The Hall–Kier alpha value is -1.28. The summed E-state index contributed by atoms with van der Waals surface area (Å²) in [5.74, 6) is 1.13. The second-order valence-corrected chi connectivity index (χ2v) is 5.66. The van der Waals surface area contributed by atoms with E-state index in [1.165, 1.54) is 32.1 Å². The third-order valence-electron chi connectivity index (χ3n) is 3.63. The number of rotatable bonds is 9. The summed E-state index contributed by atoms with van der Waals surface area (Å²) in [4.78, 5) is 4.51. The van der Waals surface area contributed by atoms with Gasteiger partial charge in [0.15, 0.2) is 0 Å². The van der Waals surface area contributed by atoms with E-state index in [-0.39, 0.29) is 0 Å². The van der Waals surface area contributed by atoms with Crippen molar-refractivity contribution in [3.63, 3.8) is 0 Å². The van der Waals surface area contributed by atoms with Crippen LogP contribution in [0, 0.1) is 0 Å². The van der Waals surface area contributed by atoms with E-state index in [1.807, 2.05) is 18.2 Å². The molecule has 0 amide bonds. The number of ether oxygens (including phenoxy) is 1. The topological polar surface area (TPSA) is 22.1 Å². The number of pyridine rings is 1. The predicted molar refractivity (Wildman–Crippen MR) is 90.2 cm³/mol. The molecule has 0 bridgehead atoms. The fourth-order valence-electron chi connectivity index (χ4n) is 2.45. The van der Waals surface area contributed by atoms with Gasteiger partial charge in [-0.1, -0.05) is 57.2 Å². The molecule has 0 saturated heterocycles. The summed E-state index contributed by atoms with van der Waals surface area (Å²) in [5, 5.41) is 2.21. The molecule has 0 aliphatic rings. The number of fused-ring (bicyclic) bond motifs is 1. The van der Waals surface area contributed by atoms with E-state index in [0.29, 0.717) is 5.88 Å². The minimum absolute atomic E-state index is 0.415. The molecule has 0 atom stereocenters. The highest BCUT2D eigenvalue weighted by Crippen LogP contribution is 2.25. The quantitative estimate of drug-likeness (QED) is 0.437. The van der Waals surface area contributed by atoms with Gasteiger partial charge in [0.2, 0.25) is 5.88 Å². The van der Waals surface area contributed by atoms with Crippen molar-refractivity contribution in [3.8, 4) is 5.88 Å². The SMILES string of the molecule is CCCCCCCCOc1nc(CCl)cc2ccccc12. The lowest BCUT2D eigenvalue weighted by Crippen LogP contribution is -2.01. The van der Waals surface area contributed by atoms with Gasteiger partial charge < -0.3 is 4.74 Å². The average Bonchev–Trinajstić information content (AvgIpc) is 2.53. The minimum Gasteiger partial charge on any atom is -0.477 e. The molecule has 0 saturated carbocycles. The molecule has 0 spiro atoms. The molecule has 0 aliphatic carbocycles. The lowest BCUT2D eigenvalue weighted by atomic mass is 10.1. The maximum atomic E-state index is 5.91. The first-order valence-corrected chi connectivity index (χ1v) is 8.46. The van der Waals surface area contributed by atoms with Crippen LogP contribution in [0.5, 0.6) is 5.88 Å². The first kappa shape index (κ1) is 16.1. The Balaban J connectivity index is 1.91. The Labute approximate surface area is 132 Å². The van der Waals surface area contributed by atoms with Crippen LogP contribution in [-0.2, 0) is 5.88 Å². The van der Waals surface area contributed by atoms with Crippen molar-refractivity contribution in [3.05, 3.63) is 36.0 Å². The fourth-order valence-corrected chi connectivity index (χ4v) is 2.59. The molecular weight excluding hydrogens is 282 g/mol. The molecule has 114 valence electrons. The fraction of sp³-hybridized carbons (Fsp3) is 0.500. The van der Waals surface area contributed by atoms with E-state index in [1.54, 1.807) is 0 Å². The van der Waals surface area contributed by atoms with Gasteiger partial charge in [-0.25, -0.2) is 4.98 Å². The van der Waals surface area contributed by atoms with Crippen LogP contribution in [-0.4, -0.2) is 11.6 Å². The van der Waals surface area contributed by atoms with Crippen molar-refractivity contribution >= 4 is 22.4 Å². The number of halogens is 1. The van der Waals surface area contributed by atoms with E-state index < -0.39 is 0 Å². The van der Waals surface area contributed by atoms with Crippen molar-refractivity contribution in [2.75, 3.05) is 6.61 Å². The number of unbranched alkanes of at least 4 members (excludes halogenated alkanes) is 5. The molecule has 0 fully saturated rings. The monoisotopic (exact) mass is 305 g/mol. The average molecular weight is 306 g/mol. The summed E-state index contributed by atoms with van der Waals surface area (Å²) in [6.45, 7) is 2.97. The summed E-state index contributed by atoms with van der Waals surface area (Å²) in [6, 6.07) is 10.2. The van der Waals surface area contributed by atoms with Crippen LogP contribution in [0.25, 0.3) is 10.8 Å². The molecule has 1 aromatic carbocycles. The van der Waals surface area contributed by atoms with Gasteiger partial charge in [0.25, 0.3) is 0 Å². The maximum absolute atomic E-state index is 5.91. The Morgan fingerprint density at radius 2 is 1.81 bits per heavy atom. The largest absolute Gasteiger partial charge is 0.477 e. The van der Waals surface area contributed by atoms with E-state index in [9.17, 15) is 0 Å². The number of alkyl halides is 1. The molecule has 2 nitrogen and oxygen atoms in total. The van der Waals surface area contributed by atoms with Gasteiger partial charge >= 0.3 is 0 Å². The van der Waals surface area contributed by atoms with Gasteiger partial charge in [-0.15, -0.1) is 11.6 Å². The highest BCUT2D eigenvalue weighted by Gasteiger charge is 2.06. The van der Waals surface area contributed by atoms with Crippen LogP contribution in [0.4, 0.5) is 0 Å². The van der Waals surface area contributed by atoms with E-state index in [0.717, 1.165) is 35.4 Å². The van der Waals surface area contributed by atoms with Gasteiger partial charge in [-0.2, -0.15) is 0 Å². The van der Waals surface area contributed by atoms with Crippen LogP contribution < -0.4 is 4.74 Å². The second-order valence-electron chi connectivity index (χ2n) is 5.39. The highest BCUT2D eigenvalue weighted by molar-refractivity contribution is 6.17. The van der Waals surface area contributed by atoms with Gasteiger partial charge in [-0.3, -0.25) is 0 Å². The van der Waals surface area contributed by atoms with Crippen molar-refractivity contribution < 1.29 is 4.74 Å². The number of hydrogen-bond acceptors (Lipinski definition) is 2. The Morgan fingerprint density at radius 3 is 2.62 bits per heavy atom. The summed E-state index contributed by atoms with van der Waals surface area (Å²) in [7, 11) is 0. The third kappa shape index (κ3) is 4.89. The van der Waals surface area contributed by atoms with Crippen LogP contribution in [0.3, 0.4) is 0 Å². The molecule has 0 N–H and O–H groups in total. The zero-order chi connectivity index (χ0) is 14.9. The van der Waals surface area contributed by atoms with Crippen molar-refractivity contribution in [2.45, 2.75) is 51.3 Å². The molecule has 1 aromatic heterocycles. The molecule has 3 heteroatoms. The summed E-state index contributed by atoms with van der Waals surface area (Å²) in [5.41, 5.74) is 0.869. The van der Waals surface area contributed by atoms with E-state index in [4.69, 9.17) is 16.3 Å². The molecule has 21 heavy (non-hydrogen) atoms. The van der Waals surface area contributed by atoms with Gasteiger partial charge in [-0.05, 0) is 23.9 Å². The number of benzene rings is 1. The molecule has 2 aromatic rings. The number of aromatic nitrogens is 1. The normalized spacial score (nSPS) is 11.0. The van der Waals surface area contributed by atoms with Crippen LogP contribution in [0.1, 0.15) is 51.1 Å². The van der Waals surface area contributed by atoms with E-state index in [2.05, 4.69) is 24.0 Å². The highest BCUT2D eigenvalue weighted by atomic mass is 35.5. The zero-order valence-electron chi connectivity index (χ0n) is 12.8. The number of hydrogen-bond donors (Lipinski definition) is 0. The Bertz CT molecular complexity index is 556. The second kappa shape index (κ2) is 8.89. The summed E-state index contributed by atoms with van der Waals surface area (Å²) >= 11 is 5.91. The van der Waals surface area contributed by atoms with Gasteiger partial charge in [0.1, 0.15) is 0 Å². The van der Waals surface area contributed by atoms with Crippen LogP contribution in [0.2, 0.25) is 0 Å². The van der Waals surface area contributed by atoms with Crippen molar-refractivity contribution in [1.82, 2.24) is 4.98 Å². The summed E-state index contributed by atoms with van der Waals surface area (Å²) < 4.78 is 5.90. The number of nitrogens with zero attached hydrogens (tertiary/aromatic N) is 1. The van der Waals surface area contributed by atoms with Crippen molar-refractivity contribution in [1.29, 1.82) is 0 Å². The smallest absolute Gasteiger partial charge is 0.221 e. The first-order chi connectivity index (χ1) is 10.3. The lowest BCUT2D eigenvalue weighted by Gasteiger charge is -2.10. The van der Waals surface area contributed by atoms with Crippen LogP contribution >= 0.6 is 11.6 Å². The molecule has 0 aliphatic heterocycles. The van der Waals surface area contributed by atoms with Crippen molar-refractivity contribution in [2.24, 2.45) is 0 Å². The zero-order valence-corrected chi connectivity index (χ0v) is 13.5. The summed E-state index contributed by atoms with van der Waals surface area (Å²) in [6.07, 6.45) is 7.58. The Kier molecular flexibility index (Phi) is 6.81. The molecular formula is C18H24ClNO. The molecule has 0 unspecified atom stereocenters. The van der Waals surface area contributed by atoms with Gasteiger partial charge in [0, 0.05) is 5.39 Å². The third-order valence-corrected chi connectivity index (χ3v) is 3.91. The standard InChI is InChI=1S/C18H24ClNO/c1-2-3-4-5-6-9-12-21-18-17-11-8-7-10-15(17)13-16(14-19)20-18/h7-8,10-11,13H,2-6,9,12,14H2,1H3. The maximum Gasteiger partial charge on any atom is 0.221 e. The lowest BCUT2D eigenvalue weighted by molar-refractivity contribution is 0.296. The van der Waals surface area contributed by atoms with E-state index >= 15 is 0 Å². The Morgan fingerprint density at radius 1 is 1.05 bits per heavy atom. The molecule has 0 radical (unpaired) electrons. The molecule has 2 rings (SSSR count). The molecule has 1 heterocycles. The minimum atomic E-state index is 0.415.